The highest BCUT2D eigenvalue weighted by Gasteiger charge is 1.96. The molecule has 0 aromatic carbocycles. The molecule has 0 aromatic heterocycles. The van der Waals surface area contributed by atoms with E-state index in [2.05, 4.69) is 18.8 Å². The molecule has 3 nitrogen and oxygen atoms in total. The lowest BCUT2D eigenvalue weighted by molar-refractivity contribution is 0.615. The van der Waals surface area contributed by atoms with Crippen LogP contribution < -0.4 is 5.73 Å². The van der Waals surface area contributed by atoms with Gasteiger partial charge in [-0.05, 0) is 25.7 Å². The number of unbranched alkanes of at least 4 members (excludes halogenated alkanes) is 5. The Labute approximate surface area is 145 Å². The highest BCUT2D eigenvalue weighted by molar-refractivity contribution is 8.76. The lowest BCUT2D eigenvalue weighted by Crippen LogP contribution is -2.12. The van der Waals surface area contributed by atoms with E-state index >= 15 is 0 Å². The number of nitrogens with two attached hydrogens (primary N) is 1. The molecular formula is C17H35N3S2. The van der Waals surface area contributed by atoms with Crippen molar-refractivity contribution in [1.82, 2.24) is 0 Å². The summed E-state index contributed by atoms with van der Waals surface area (Å²) in [4.78, 5) is 4.44. The van der Waals surface area contributed by atoms with Crippen LogP contribution in [0, 0.1) is 5.41 Å². The zero-order valence-corrected chi connectivity index (χ0v) is 16.2. The van der Waals surface area contributed by atoms with Crippen LogP contribution in [0.25, 0.3) is 0 Å². The fourth-order valence-corrected chi connectivity index (χ4v) is 3.98. The average molecular weight is 346 g/mol. The normalized spacial score (nSPS) is 11.8. The van der Waals surface area contributed by atoms with E-state index < -0.39 is 0 Å². The van der Waals surface area contributed by atoms with E-state index in [1.54, 1.807) is 0 Å². The van der Waals surface area contributed by atoms with Crippen LogP contribution in [0.2, 0.25) is 0 Å². The maximum Gasteiger partial charge on any atom is 0.0937 e. The van der Waals surface area contributed by atoms with Gasteiger partial charge in [0.15, 0.2) is 0 Å². The Morgan fingerprint density at radius 3 is 2.32 bits per heavy atom. The molecule has 0 rings (SSSR count). The molecule has 5 heteroatoms. The molecule has 0 bridgehead atoms. The smallest absolute Gasteiger partial charge is 0.0937 e. The van der Waals surface area contributed by atoms with Gasteiger partial charge in [0.25, 0.3) is 0 Å². The van der Waals surface area contributed by atoms with Gasteiger partial charge in [0.1, 0.15) is 0 Å². The summed E-state index contributed by atoms with van der Waals surface area (Å²) in [6.45, 7) is 5.14. The summed E-state index contributed by atoms with van der Waals surface area (Å²) in [6, 6.07) is 0. The molecule has 130 valence electrons. The second-order valence-corrected chi connectivity index (χ2v) is 8.30. The molecule has 0 amide bonds. The monoisotopic (exact) mass is 345 g/mol. The maximum atomic E-state index is 7.59. The van der Waals surface area contributed by atoms with Gasteiger partial charge in [0.2, 0.25) is 0 Å². The number of amidine groups is 1. The van der Waals surface area contributed by atoms with E-state index in [1.165, 1.54) is 38.5 Å². The second-order valence-electron chi connectivity index (χ2n) is 5.60. The molecule has 0 aliphatic heterocycles. The highest BCUT2D eigenvalue weighted by Crippen LogP contribution is 2.22. The van der Waals surface area contributed by atoms with E-state index in [0.717, 1.165) is 55.3 Å². The van der Waals surface area contributed by atoms with Gasteiger partial charge in [-0.3, -0.25) is 4.99 Å². The van der Waals surface area contributed by atoms with Crippen molar-refractivity contribution in [2.24, 2.45) is 10.7 Å². The fourth-order valence-electron chi connectivity index (χ4n) is 2.03. The number of nitrogens with one attached hydrogen (secondary N) is 1. The molecule has 0 fully saturated rings. The first-order valence-corrected chi connectivity index (χ1v) is 11.3. The van der Waals surface area contributed by atoms with E-state index in [0.29, 0.717) is 0 Å². The van der Waals surface area contributed by atoms with Gasteiger partial charge in [-0.2, -0.15) is 0 Å². The predicted octanol–water partition coefficient (Wildman–Crippen LogP) is 5.69. The van der Waals surface area contributed by atoms with E-state index in [9.17, 15) is 0 Å². The van der Waals surface area contributed by atoms with Crippen LogP contribution in [0.3, 0.4) is 0 Å². The van der Waals surface area contributed by atoms with E-state index in [4.69, 9.17) is 11.1 Å². The van der Waals surface area contributed by atoms with Gasteiger partial charge in [-0.15, -0.1) is 0 Å². The molecule has 0 radical (unpaired) electrons. The number of nitrogens with zero attached hydrogens (tertiary/aromatic N) is 1. The van der Waals surface area contributed by atoms with Gasteiger partial charge < -0.3 is 11.1 Å². The third kappa shape index (κ3) is 16.2. The van der Waals surface area contributed by atoms with Crippen molar-refractivity contribution in [2.75, 3.05) is 18.1 Å². The Balaban J connectivity index is 3.31. The average Bonchev–Trinajstić information content (AvgIpc) is 2.52. The molecule has 0 unspecified atom stereocenters. The summed E-state index contributed by atoms with van der Waals surface area (Å²) in [7, 11) is 3.77. The van der Waals surface area contributed by atoms with Gasteiger partial charge >= 0.3 is 0 Å². The minimum atomic E-state index is 0.831. The molecule has 0 spiro atoms. The fraction of sp³-hybridized carbons (Fsp3) is 0.882. The van der Waals surface area contributed by atoms with Crippen LogP contribution in [-0.4, -0.2) is 29.6 Å². The Bertz CT molecular complexity index is 294. The topological polar surface area (TPSA) is 62.2 Å². The molecule has 0 saturated carbocycles. The molecule has 0 aromatic rings. The molecule has 0 aliphatic carbocycles. The quantitative estimate of drug-likeness (QED) is 0.164. The van der Waals surface area contributed by atoms with Crippen LogP contribution in [-0.2, 0) is 0 Å². The third-order valence-corrected chi connectivity index (χ3v) is 5.96. The lowest BCUT2D eigenvalue weighted by Gasteiger charge is -2.03. The predicted molar refractivity (Wildman–Crippen MR) is 107 cm³/mol. The first-order chi connectivity index (χ1) is 10.7. The maximum absolute atomic E-state index is 7.59. The largest absolute Gasteiger partial charge is 0.387 e. The van der Waals surface area contributed by atoms with Crippen LogP contribution in [0.1, 0.15) is 78.1 Å². The Morgan fingerprint density at radius 1 is 0.909 bits per heavy atom. The third-order valence-electron chi connectivity index (χ3n) is 3.49. The molecule has 0 aliphatic rings. The van der Waals surface area contributed by atoms with Crippen LogP contribution in [0.4, 0.5) is 0 Å². The van der Waals surface area contributed by atoms with Crippen molar-refractivity contribution in [2.45, 2.75) is 78.1 Å². The second kappa shape index (κ2) is 17.2. The molecular weight excluding hydrogens is 310 g/mol. The molecule has 3 N–H and O–H groups in total. The summed E-state index contributed by atoms with van der Waals surface area (Å²) in [5.41, 5.74) is 6.81. The summed E-state index contributed by atoms with van der Waals surface area (Å²) in [6.07, 6.45) is 11.8. The molecule has 22 heavy (non-hydrogen) atoms. The van der Waals surface area contributed by atoms with Crippen molar-refractivity contribution >= 4 is 33.1 Å². The summed E-state index contributed by atoms with van der Waals surface area (Å²) < 4.78 is 0. The Kier molecular flexibility index (Phi) is 17.1. The number of aliphatic imine (C=N–C) groups is 1. The molecule has 0 atom stereocenters. The van der Waals surface area contributed by atoms with Gasteiger partial charge in [-0.1, -0.05) is 67.5 Å². The van der Waals surface area contributed by atoms with E-state index in [1.807, 2.05) is 21.6 Å². The standard InChI is InChI=1S/C17H35N3S2/c1-3-5-6-7-8-9-12-17(19)20-13-15-22-21-14-10-11-16(18)4-2/h18H,3-15H2,1-2H3,(H2,19,20). The summed E-state index contributed by atoms with van der Waals surface area (Å²) in [5.74, 6) is 2.99. The van der Waals surface area contributed by atoms with Gasteiger partial charge in [-0.25, -0.2) is 0 Å². The van der Waals surface area contributed by atoms with Gasteiger partial charge in [0, 0.05) is 23.6 Å². The Morgan fingerprint density at radius 2 is 1.59 bits per heavy atom. The number of hydrogen-bond acceptors (Lipinski definition) is 4. The van der Waals surface area contributed by atoms with Crippen molar-refractivity contribution in [3.05, 3.63) is 0 Å². The summed E-state index contributed by atoms with van der Waals surface area (Å²) >= 11 is 0. The first kappa shape index (κ1) is 21.8. The van der Waals surface area contributed by atoms with Crippen LogP contribution >= 0.6 is 21.6 Å². The summed E-state index contributed by atoms with van der Waals surface area (Å²) in [5, 5.41) is 7.59. The molecule has 0 saturated heterocycles. The number of hydrogen-bond donors (Lipinski definition) is 2. The lowest BCUT2D eigenvalue weighted by atomic mass is 10.1. The molecule has 0 heterocycles. The van der Waals surface area contributed by atoms with Crippen LogP contribution in [0.5, 0.6) is 0 Å². The van der Waals surface area contributed by atoms with E-state index in [-0.39, 0.29) is 0 Å². The number of rotatable bonds is 16. The first-order valence-electron chi connectivity index (χ1n) is 8.80. The van der Waals surface area contributed by atoms with Crippen molar-refractivity contribution < 1.29 is 0 Å². The van der Waals surface area contributed by atoms with Crippen LogP contribution in [0.15, 0.2) is 4.99 Å². The zero-order valence-electron chi connectivity index (χ0n) is 14.5. The highest BCUT2D eigenvalue weighted by atomic mass is 33.1. The van der Waals surface area contributed by atoms with Crippen molar-refractivity contribution in [3.63, 3.8) is 0 Å². The SMILES string of the molecule is CCCCCCCCC(N)=NCCSSCCCC(=N)CC. The minimum Gasteiger partial charge on any atom is -0.387 e. The zero-order chi connectivity index (χ0) is 16.5. The van der Waals surface area contributed by atoms with Gasteiger partial charge in [0.05, 0.1) is 12.4 Å². The van der Waals surface area contributed by atoms with Crippen molar-refractivity contribution in [3.8, 4) is 0 Å². The minimum absolute atomic E-state index is 0.831. The Hall–Kier alpha value is -0.160. The van der Waals surface area contributed by atoms with Crippen molar-refractivity contribution in [1.29, 1.82) is 5.41 Å².